The Morgan fingerprint density at radius 2 is 1.88 bits per heavy atom. The van der Waals surface area contributed by atoms with Crippen LogP contribution >= 0.6 is 43.5 Å². The molecule has 16 heavy (non-hydrogen) atoms. The molecule has 0 bridgehead atoms. The first-order valence-electron chi connectivity index (χ1n) is 4.40. The van der Waals surface area contributed by atoms with Crippen molar-refractivity contribution in [2.75, 3.05) is 0 Å². The molecule has 0 spiro atoms. The highest BCUT2D eigenvalue weighted by atomic mass is 79.9. The molecule has 5 heteroatoms. The van der Waals surface area contributed by atoms with Gasteiger partial charge in [-0.3, -0.25) is 0 Å². The van der Waals surface area contributed by atoms with Crippen molar-refractivity contribution in [3.63, 3.8) is 0 Å². The Bertz CT molecular complexity index is 519. The molecule has 82 valence electrons. The Labute approximate surface area is 115 Å². The molecule has 0 aliphatic rings. The van der Waals surface area contributed by atoms with Gasteiger partial charge in [-0.05, 0) is 50.1 Å². The fourth-order valence-corrected chi connectivity index (χ4v) is 2.19. The maximum absolute atomic E-state index is 5.79. The van der Waals surface area contributed by atoms with Crippen molar-refractivity contribution in [2.24, 2.45) is 0 Å². The van der Waals surface area contributed by atoms with Gasteiger partial charge >= 0.3 is 0 Å². The van der Waals surface area contributed by atoms with Gasteiger partial charge in [-0.25, -0.2) is 4.98 Å². The molecule has 0 aliphatic heterocycles. The third-order valence-corrected chi connectivity index (χ3v) is 3.25. The Morgan fingerprint density at radius 1 is 1.12 bits per heavy atom. The first-order chi connectivity index (χ1) is 7.66. The van der Waals surface area contributed by atoms with E-state index in [0.29, 0.717) is 16.7 Å². The monoisotopic (exact) mass is 361 g/mol. The lowest BCUT2D eigenvalue weighted by atomic mass is 10.3. The number of benzene rings is 1. The van der Waals surface area contributed by atoms with Crippen LogP contribution in [0.25, 0.3) is 0 Å². The van der Waals surface area contributed by atoms with E-state index in [1.165, 1.54) is 0 Å². The van der Waals surface area contributed by atoms with Crippen molar-refractivity contribution in [1.82, 2.24) is 4.98 Å². The molecule has 2 aromatic rings. The van der Waals surface area contributed by atoms with Gasteiger partial charge < -0.3 is 4.74 Å². The van der Waals surface area contributed by atoms with Crippen LogP contribution in [0, 0.1) is 0 Å². The maximum atomic E-state index is 5.79. The lowest BCUT2D eigenvalue weighted by Crippen LogP contribution is -1.89. The van der Waals surface area contributed by atoms with Gasteiger partial charge in [0.25, 0.3) is 0 Å². The molecule has 0 saturated heterocycles. The molecule has 0 fully saturated rings. The predicted octanol–water partition coefficient (Wildman–Crippen LogP) is 5.05. The summed E-state index contributed by atoms with van der Waals surface area (Å²) in [6.45, 7) is 0. The molecule has 0 unspecified atom stereocenters. The summed E-state index contributed by atoms with van der Waals surface area (Å²) in [4.78, 5) is 4.09. The van der Waals surface area contributed by atoms with E-state index in [4.69, 9.17) is 16.3 Å². The average molecular weight is 363 g/mol. The Kier molecular flexibility index (Phi) is 3.84. The van der Waals surface area contributed by atoms with Crippen LogP contribution in [0.15, 0.2) is 45.5 Å². The van der Waals surface area contributed by atoms with E-state index >= 15 is 0 Å². The summed E-state index contributed by atoms with van der Waals surface area (Å²) in [5.74, 6) is 1.19. The van der Waals surface area contributed by atoms with Crippen LogP contribution in [-0.2, 0) is 0 Å². The summed E-state index contributed by atoms with van der Waals surface area (Å²) < 4.78 is 7.22. The molecular formula is C11H6Br2ClNO. The largest absolute Gasteiger partial charge is 0.437 e. The number of hydrogen-bond acceptors (Lipinski definition) is 2. The minimum Gasteiger partial charge on any atom is -0.437 e. The summed E-state index contributed by atoms with van der Waals surface area (Å²) in [5.41, 5.74) is 0. The lowest BCUT2D eigenvalue weighted by Gasteiger charge is -2.07. The number of pyridine rings is 1. The second kappa shape index (κ2) is 5.17. The van der Waals surface area contributed by atoms with Crippen LogP contribution in [0.1, 0.15) is 0 Å². The highest BCUT2D eigenvalue weighted by Crippen LogP contribution is 2.32. The van der Waals surface area contributed by atoms with Crippen molar-refractivity contribution in [1.29, 1.82) is 0 Å². The third-order valence-electron chi connectivity index (χ3n) is 1.82. The second-order valence-electron chi connectivity index (χ2n) is 2.97. The zero-order chi connectivity index (χ0) is 11.5. The van der Waals surface area contributed by atoms with Crippen LogP contribution in [-0.4, -0.2) is 4.98 Å². The fraction of sp³-hybridized carbons (Fsp3) is 0. The van der Waals surface area contributed by atoms with Crippen molar-refractivity contribution in [3.05, 3.63) is 50.5 Å². The minimum atomic E-state index is 0.483. The molecule has 0 amide bonds. The second-order valence-corrected chi connectivity index (χ2v) is 5.12. The van der Waals surface area contributed by atoms with Crippen LogP contribution in [0.3, 0.4) is 0 Å². The van der Waals surface area contributed by atoms with Crippen LogP contribution in [0.2, 0.25) is 5.02 Å². The van der Waals surface area contributed by atoms with E-state index in [1.807, 2.05) is 24.3 Å². The summed E-state index contributed by atoms with van der Waals surface area (Å²) in [5, 5.41) is 0.561. The number of halogens is 3. The number of ether oxygens (including phenoxy) is 1. The highest BCUT2D eigenvalue weighted by molar-refractivity contribution is 9.11. The first kappa shape index (κ1) is 11.9. The molecule has 0 aliphatic carbocycles. The molecule has 2 nitrogen and oxygen atoms in total. The van der Waals surface area contributed by atoms with Crippen LogP contribution in [0.5, 0.6) is 11.6 Å². The molecule has 0 radical (unpaired) electrons. The smallest absolute Gasteiger partial charge is 0.233 e. The van der Waals surface area contributed by atoms with Gasteiger partial charge in [0.15, 0.2) is 0 Å². The molecule has 0 N–H and O–H groups in total. The fourth-order valence-electron chi connectivity index (χ4n) is 1.11. The quantitative estimate of drug-likeness (QED) is 0.745. The van der Waals surface area contributed by atoms with E-state index in [9.17, 15) is 0 Å². The van der Waals surface area contributed by atoms with Crippen molar-refractivity contribution >= 4 is 43.5 Å². The number of aromatic nitrogens is 1. The van der Waals surface area contributed by atoms with Gasteiger partial charge in [0, 0.05) is 6.20 Å². The third kappa shape index (κ3) is 2.75. The zero-order valence-corrected chi connectivity index (χ0v) is 11.9. The Hall–Kier alpha value is -0.580. The number of rotatable bonds is 2. The van der Waals surface area contributed by atoms with Gasteiger partial charge in [0.1, 0.15) is 5.75 Å². The Balaban J connectivity index is 2.31. The summed E-state index contributed by atoms with van der Waals surface area (Å²) in [6.07, 6.45) is 1.54. The van der Waals surface area contributed by atoms with E-state index < -0.39 is 0 Å². The number of para-hydroxylation sites is 1. The average Bonchev–Trinajstić information content (AvgIpc) is 2.25. The van der Waals surface area contributed by atoms with E-state index in [2.05, 4.69) is 36.8 Å². The van der Waals surface area contributed by atoms with E-state index in [-0.39, 0.29) is 0 Å². The number of nitrogens with zero attached hydrogens (tertiary/aromatic N) is 1. The zero-order valence-electron chi connectivity index (χ0n) is 7.95. The molecule has 1 aromatic heterocycles. The molecular weight excluding hydrogens is 357 g/mol. The molecule has 1 heterocycles. The van der Waals surface area contributed by atoms with E-state index in [0.717, 1.165) is 8.95 Å². The van der Waals surface area contributed by atoms with Crippen molar-refractivity contribution in [3.8, 4) is 11.6 Å². The van der Waals surface area contributed by atoms with Crippen molar-refractivity contribution < 1.29 is 4.74 Å². The molecule has 1 aromatic carbocycles. The Morgan fingerprint density at radius 3 is 2.56 bits per heavy atom. The highest BCUT2D eigenvalue weighted by Gasteiger charge is 2.07. The molecule has 0 saturated carbocycles. The van der Waals surface area contributed by atoms with Gasteiger partial charge in [-0.1, -0.05) is 23.7 Å². The van der Waals surface area contributed by atoms with Gasteiger partial charge in [0.2, 0.25) is 5.88 Å². The predicted molar refractivity (Wildman–Crippen MR) is 71.2 cm³/mol. The van der Waals surface area contributed by atoms with Gasteiger partial charge in [-0.2, -0.15) is 0 Å². The standard InChI is InChI=1S/C11H6Br2ClNO/c12-8-3-1-2-4-10(8)16-11-9(13)5-7(14)6-15-11/h1-6H. The topological polar surface area (TPSA) is 22.1 Å². The van der Waals surface area contributed by atoms with Gasteiger partial charge in [0.05, 0.1) is 14.0 Å². The first-order valence-corrected chi connectivity index (χ1v) is 6.36. The molecule has 0 atom stereocenters. The summed E-state index contributed by atoms with van der Waals surface area (Å²) >= 11 is 12.5. The van der Waals surface area contributed by atoms with E-state index in [1.54, 1.807) is 12.3 Å². The number of hydrogen-bond donors (Lipinski definition) is 0. The normalized spacial score (nSPS) is 10.2. The van der Waals surface area contributed by atoms with Crippen LogP contribution in [0.4, 0.5) is 0 Å². The van der Waals surface area contributed by atoms with Crippen molar-refractivity contribution in [2.45, 2.75) is 0 Å². The maximum Gasteiger partial charge on any atom is 0.233 e. The van der Waals surface area contributed by atoms with Gasteiger partial charge in [-0.15, -0.1) is 0 Å². The minimum absolute atomic E-state index is 0.483. The summed E-state index contributed by atoms with van der Waals surface area (Å²) in [7, 11) is 0. The lowest BCUT2D eigenvalue weighted by molar-refractivity contribution is 0.457. The molecule has 2 rings (SSSR count). The SMILES string of the molecule is Clc1cnc(Oc2ccccc2Br)c(Br)c1. The summed E-state index contributed by atoms with van der Waals surface area (Å²) in [6, 6.07) is 9.30. The van der Waals surface area contributed by atoms with Crippen LogP contribution < -0.4 is 4.74 Å².